The van der Waals surface area contributed by atoms with Crippen molar-refractivity contribution in [3.05, 3.63) is 84.2 Å². The summed E-state index contributed by atoms with van der Waals surface area (Å²) in [5, 5.41) is 3.21. The predicted molar refractivity (Wildman–Crippen MR) is 102 cm³/mol. The molecule has 0 saturated carbocycles. The number of carbonyl (C=O) groups excluding carboxylic acids is 1. The molecule has 0 radical (unpaired) electrons. The largest absolute Gasteiger partial charge is 0.349 e. The summed E-state index contributed by atoms with van der Waals surface area (Å²) in [6.45, 7) is 0. The van der Waals surface area contributed by atoms with E-state index in [1.807, 2.05) is 54.5 Å². The first-order valence-electron chi connectivity index (χ1n) is 8.53. The maximum absolute atomic E-state index is 12.5. The lowest BCUT2D eigenvalue weighted by atomic mass is 10.0. The molecule has 3 nitrogen and oxygen atoms in total. The zero-order chi connectivity index (χ0) is 17.1. The summed E-state index contributed by atoms with van der Waals surface area (Å²) in [5.41, 5.74) is 3.38. The molecular formula is C21H20N2OS. The number of benzene rings is 2. The second kappa shape index (κ2) is 7.19. The Morgan fingerprint density at radius 3 is 2.60 bits per heavy atom. The highest BCUT2D eigenvalue weighted by molar-refractivity contribution is 7.99. The number of amides is 1. The van der Waals surface area contributed by atoms with Gasteiger partial charge in [-0.05, 0) is 47.9 Å². The number of thioether (sulfide) groups is 1. The second-order valence-electron chi connectivity index (χ2n) is 6.23. The summed E-state index contributed by atoms with van der Waals surface area (Å²) < 4.78 is 2.06. The first kappa shape index (κ1) is 16.0. The SMILES string of the molecule is O=C(Cc1ccc(-n2cccc2)cc1)N[C@H]1CCSc2ccccc21. The normalized spacial score (nSPS) is 16.2. The zero-order valence-electron chi connectivity index (χ0n) is 13.9. The van der Waals surface area contributed by atoms with Crippen LogP contribution in [0.3, 0.4) is 0 Å². The number of nitrogens with one attached hydrogen (secondary N) is 1. The molecule has 0 unspecified atom stereocenters. The maximum Gasteiger partial charge on any atom is 0.224 e. The number of fused-ring (bicyclic) bond motifs is 1. The van der Waals surface area contributed by atoms with Crippen LogP contribution in [0.5, 0.6) is 0 Å². The quantitative estimate of drug-likeness (QED) is 0.759. The van der Waals surface area contributed by atoms with E-state index in [-0.39, 0.29) is 11.9 Å². The fourth-order valence-electron chi connectivity index (χ4n) is 3.22. The summed E-state index contributed by atoms with van der Waals surface area (Å²) in [6, 6.07) is 20.7. The van der Waals surface area contributed by atoms with Crippen molar-refractivity contribution in [2.45, 2.75) is 23.8 Å². The van der Waals surface area contributed by atoms with E-state index in [1.54, 1.807) is 0 Å². The van der Waals surface area contributed by atoms with Crippen molar-refractivity contribution in [2.75, 3.05) is 5.75 Å². The van der Waals surface area contributed by atoms with Crippen LogP contribution in [0.4, 0.5) is 0 Å². The van der Waals surface area contributed by atoms with E-state index in [0.29, 0.717) is 6.42 Å². The van der Waals surface area contributed by atoms with Gasteiger partial charge >= 0.3 is 0 Å². The Morgan fingerprint density at radius 1 is 1.04 bits per heavy atom. The molecule has 0 fully saturated rings. The van der Waals surface area contributed by atoms with Crippen molar-refractivity contribution in [1.29, 1.82) is 0 Å². The Kier molecular flexibility index (Phi) is 4.61. The zero-order valence-corrected chi connectivity index (χ0v) is 14.7. The average molecular weight is 348 g/mol. The molecule has 2 heterocycles. The van der Waals surface area contributed by atoms with Gasteiger partial charge in [-0.2, -0.15) is 0 Å². The molecule has 1 atom stereocenters. The van der Waals surface area contributed by atoms with Gasteiger partial charge < -0.3 is 9.88 Å². The minimum atomic E-state index is 0.0837. The molecule has 1 aliphatic rings. The predicted octanol–water partition coefficient (Wildman–Crippen LogP) is 4.37. The van der Waals surface area contributed by atoms with Crippen molar-refractivity contribution in [2.24, 2.45) is 0 Å². The van der Waals surface area contributed by atoms with Crippen molar-refractivity contribution < 1.29 is 4.79 Å². The number of hydrogen-bond acceptors (Lipinski definition) is 2. The van der Waals surface area contributed by atoms with Crippen LogP contribution < -0.4 is 5.32 Å². The van der Waals surface area contributed by atoms with E-state index >= 15 is 0 Å². The van der Waals surface area contributed by atoms with Crippen molar-refractivity contribution in [3.8, 4) is 5.69 Å². The highest BCUT2D eigenvalue weighted by Gasteiger charge is 2.21. The van der Waals surface area contributed by atoms with Gasteiger partial charge in [-0.15, -0.1) is 11.8 Å². The Bertz CT molecular complexity index is 856. The maximum atomic E-state index is 12.5. The number of hydrogen-bond donors (Lipinski definition) is 1. The monoisotopic (exact) mass is 348 g/mol. The van der Waals surface area contributed by atoms with Crippen molar-refractivity contribution >= 4 is 17.7 Å². The van der Waals surface area contributed by atoms with Gasteiger partial charge in [0, 0.05) is 28.7 Å². The van der Waals surface area contributed by atoms with Crippen LogP contribution in [0, 0.1) is 0 Å². The molecule has 1 aromatic heterocycles. The Labute approximate surface area is 152 Å². The van der Waals surface area contributed by atoms with Gasteiger partial charge in [0.25, 0.3) is 0 Å². The van der Waals surface area contributed by atoms with Crippen LogP contribution in [0.15, 0.2) is 78.0 Å². The van der Waals surface area contributed by atoms with Gasteiger partial charge in [-0.3, -0.25) is 4.79 Å². The molecule has 0 bridgehead atoms. The van der Waals surface area contributed by atoms with Gasteiger partial charge in [-0.1, -0.05) is 30.3 Å². The molecule has 1 amide bonds. The Hall–Kier alpha value is -2.46. The first-order chi connectivity index (χ1) is 12.3. The van der Waals surface area contributed by atoms with E-state index in [0.717, 1.165) is 23.4 Å². The third kappa shape index (κ3) is 3.64. The van der Waals surface area contributed by atoms with Crippen LogP contribution in [0.25, 0.3) is 5.69 Å². The molecule has 25 heavy (non-hydrogen) atoms. The third-order valence-corrected chi connectivity index (χ3v) is 5.62. The lowest BCUT2D eigenvalue weighted by Gasteiger charge is -2.25. The summed E-state index contributed by atoms with van der Waals surface area (Å²) >= 11 is 1.87. The Balaban J connectivity index is 1.41. The molecule has 4 rings (SSSR count). The molecule has 3 aromatic rings. The molecule has 0 saturated heterocycles. The third-order valence-electron chi connectivity index (χ3n) is 4.50. The van der Waals surface area contributed by atoms with Crippen LogP contribution in [-0.4, -0.2) is 16.2 Å². The molecule has 2 aromatic carbocycles. The number of carbonyl (C=O) groups is 1. The second-order valence-corrected chi connectivity index (χ2v) is 7.37. The molecule has 4 heteroatoms. The summed E-state index contributed by atoms with van der Waals surface area (Å²) in [6.07, 6.45) is 5.43. The van der Waals surface area contributed by atoms with E-state index in [1.165, 1.54) is 10.5 Å². The number of nitrogens with zero attached hydrogens (tertiary/aromatic N) is 1. The van der Waals surface area contributed by atoms with Crippen molar-refractivity contribution in [1.82, 2.24) is 9.88 Å². The molecule has 126 valence electrons. The molecule has 0 spiro atoms. The van der Waals surface area contributed by atoms with Crippen LogP contribution >= 0.6 is 11.8 Å². The number of rotatable bonds is 4. The smallest absolute Gasteiger partial charge is 0.224 e. The molecule has 0 aliphatic carbocycles. The van der Waals surface area contributed by atoms with E-state index in [2.05, 4.69) is 40.2 Å². The summed E-state index contributed by atoms with van der Waals surface area (Å²) in [5.74, 6) is 1.13. The number of aromatic nitrogens is 1. The van der Waals surface area contributed by atoms with Crippen molar-refractivity contribution in [3.63, 3.8) is 0 Å². The van der Waals surface area contributed by atoms with Gasteiger partial charge in [0.05, 0.1) is 12.5 Å². The highest BCUT2D eigenvalue weighted by atomic mass is 32.2. The van der Waals surface area contributed by atoms with Gasteiger partial charge in [-0.25, -0.2) is 0 Å². The van der Waals surface area contributed by atoms with Gasteiger partial charge in [0.1, 0.15) is 0 Å². The minimum Gasteiger partial charge on any atom is -0.349 e. The molecule has 1 N–H and O–H groups in total. The van der Waals surface area contributed by atoms with E-state index < -0.39 is 0 Å². The van der Waals surface area contributed by atoms with E-state index in [9.17, 15) is 4.79 Å². The first-order valence-corrected chi connectivity index (χ1v) is 9.51. The van der Waals surface area contributed by atoms with Gasteiger partial charge in [0.2, 0.25) is 5.91 Å². The highest BCUT2D eigenvalue weighted by Crippen LogP contribution is 2.35. The standard InChI is InChI=1S/C21H20N2OS/c24-21(22-19-11-14-25-20-6-2-1-5-18(19)20)15-16-7-9-17(10-8-16)23-12-3-4-13-23/h1-10,12-13,19H,11,14-15H2,(H,22,24)/t19-/m0/s1. The average Bonchev–Trinajstić information content (AvgIpc) is 3.17. The lowest BCUT2D eigenvalue weighted by Crippen LogP contribution is -2.31. The molecular weight excluding hydrogens is 328 g/mol. The molecule has 1 aliphatic heterocycles. The minimum absolute atomic E-state index is 0.0837. The summed E-state index contributed by atoms with van der Waals surface area (Å²) in [7, 11) is 0. The summed E-state index contributed by atoms with van der Waals surface area (Å²) in [4.78, 5) is 13.8. The fourth-order valence-corrected chi connectivity index (χ4v) is 4.34. The van der Waals surface area contributed by atoms with Gasteiger partial charge in [0.15, 0.2) is 0 Å². The van der Waals surface area contributed by atoms with Crippen LogP contribution in [-0.2, 0) is 11.2 Å². The van der Waals surface area contributed by atoms with E-state index in [4.69, 9.17) is 0 Å². The topological polar surface area (TPSA) is 34.0 Å². The lowest BCUT2D eigenvalue weighted by molar-refractivity contribution is -0.121. The van der Waals surface area contributed by atoms with Crippen LogP contribution in [0.2, 0.25) is 0 Å². The van der Waals surface area contributed by atoms with Crippen LogP contribution in [0.1, 0.15) is 23.6 Å². The Morgan fingerprint density at radius 2 is 1.80 bits per heavy atom. The fraction of sp³-hybridized carbons (Fsp3) is 0.190.